The van der Waals surface area contributed by atoms with E-state index < -0.39 is 35.2 Å². The van der Waals surface area contributed by atoms with Crippen molar-refractivity contribution < 1.29 is 23.8 Å². The van der Waals surface area contributed by atoms with Gasteiger partial charge in [0.15, 0.2) is 18.1 Å². The SMILES string of the molecule is C=CCc1cc(C(=O)OCC(=O)c2c(N)n(CC(C)C)c(=O)n(C)c2=O)cc(OC)c1OC. The van der Waals surface area contributed by atoms with Crippen LogP contribution in [0.25, 0.3) is 0 Å². The van der Waals surface area contributed by atoms with Crippen molar-refractivity contribution in [3.8, 4) is 11.5 Å². The van der Waals surface area contributed by atoms with E-state index in [4.69, 9.17) is 19.9 Å². The van der Waals surface area contributed by atoms with E-state index in [9.17, 15) is 19.2 Å². The smallest absolute Gasteiger partial charge is 0.338 e. The standard InChI is InChI=1S/C23H29N3O7/c1-7-8-14-9-15(10-17(31-5)19(14)32-6)22(29)33-12-16(27)18-20(24)26(11-13(2)3)23(30)25(4)21(18)28/h7,9-10,13H,1,8,11-12,24H2,2-6H3. The predicted octanol–water partition coefficient (Wildman–Crippen LogP) is 1.57. The van der Waals surface area contributed by atoms with Gasteiger partial charge >= 0.3 is 11.7 Å². The second kappa shape index (κ2) is 10.7. The molecule has 1 aromatic heterocycles. The van der Waals surface area contributed by atoms with Crippen LogP contribution in [0.4, 0.5) is 5.82 Å². The molecule has 0 aliphatic rings. The Morgan fingerprint density at radius 3 is 2.39 bits per heavy atom. The number of rotatable bonds is 10. The Morgan fingerprint density at radius 1 is 1.18 bits per heavy atom. The van der Waals surface area contributed by atoms with Gasteiger partial charge in [0.25, 0.3) is 5.56 Å². The molecule has 0 atom stereocenters. The molecule has 1 heterocycles. The van der Waals surface area contributed by atoms with Crippen molar-refractivity contribution in [3.05, 3.63) is 62.3 Å². The molecule has 0 radical (unpaired) electrons. The molecule has 0 unspecified atom stereocenters. The summed E-state index contributed by atoms with van der Waals surface area (Å²) in [6.45, 7) is 6.90. The maximum atomic E-state index is 12.8. The normalized spacial score (nSPS) is 10.7. The van der Waals surface area contributed by atoms with E-state index in [0.29, 0.717) is 23.5 Å². The number of Topliss-reactive ketones (excluding diaryl/α,β-unsaturated/α-hetero) is 1. The van der Waals surface area contributed by atoms with Gasteiger partial charge in [0.05, 0.1) is 19.8 Å². The second-order valence-electron chi connectivity index (χ2n) is 7.77. The third-order valence-corrected chi connectivity index (χ3v) is 4.90. The average molecular weight is 459 g/mol. The van der Waals surface area contributed by atoms with Crippen LogP contribution >= 0.6 is 0 Å². The number of allylic oxidation sites excluding steroid dienone is 1. The average Bonchev–Trinajstić information content (AvgIpc) is 2.78. The number of nitrogens with zero attached hydrogens (tertiary/aromatic N) is 2. The molecule has 2 rings (SSSR count). The van der Waals surface area contributed by atoms with E-state index in [-0.39, 0.29) is 23.8 Å². The number of ether oxygens (including phenoxy) is 3. The minimum Gasteiger partial charge on any atom is -0.493 e. The number of esters is 1. The van der Waals surface area contributed by atoms with E-state index in [2.05, 4.69) is 6.58 Å². The summed E-state index contributed by atoms with van der Waals surface area (Å²) in [6, 6.07) is 2.97. The fourth-order valence-corrected chi connectivity index (χ4v) is 3.34. The van der Waals surface area contributed by atoms with Crippen molar-refractivity contribution in [2.24, 2.45) is 13.0 Å². The Bertz CT molecular complexity index is 1190. The summed E-state index contributed by atoms with van der Waals surface area (Å²) in [7, 11) is 4.16. The highest BCUT2D eigenvalue weighted by molar-refractivity contribution is 6.02. The van der Waals surface area contributed by atoms with Gasteiger partial charge in [0.1, 0.15) is 11.4 Å². The van der Waals surface area contributed by atoms with Gasteiger partial charge in [0.2, 0.25) is 5.78 Å². The van der Waals surface area contributed by atoms with Crippen LogP contribution < -0.4 is 26.5 Å². The molecule has 0 bridgehead atoms. The molecule has 1 aromatic carbocycles. The summed E-state index contributed by atoms with van der Waals surface area (Å²) in [5.74, 6) is -1.07. The van der Waals surface area contributed by atoms with Gasteiger partial charge < -0.3 is 19.9 Å². The summed E-state index contributed by atoms with van der Waals surface area (Å²) in [5.41, 5.74) is 4.89. The lowest BCUT2D eigenvalue weighted by molar-refractivity contribution is 0.0473. The van der Waals surface area contributed by atoms with Crippen molar-refractivity contribution >= 4 is 17.6 Å². The topological polar surface area (TPSA) is 132 Å². The molecule has 0 spiro atoms. The fraction of sp³-hybridized carbons (Fsp3) is 0.391. The van der Waals surface area contributed by atoms with Crippen LogP contribution in [0, 0.1) is 5.92 Å². The third kappa shape index (κ3) is 5.33. The summed E-state index contributed by atoms with van der Waals surface area (Å²) >= 11 is 0. The number of nitrogen functional groups attached to an aromatic ring is 1. The highest BCUT2D eigenvalue weighted by atomic mass is 16.5. The van der Waals surface area contributed by atoms with Gasteiger partial charge in [-0.2, -0.15) is 0 Å². The molecule has 10 nitrogen and oxygen atoms in total. The van der Waals surface area contributed by atoms with Crippen LogP contribution in [-0.4, -0.2) is 41.7 Å². The van der Waals surface area contributed by atoms with Crippen LogP contribution in [0.1, 0.15) is 40.1 Å². The predicted molar refractivity (Wildman–Crippen MR) is 123 cm³/mol. The van der Waals surface area contributed by atoms with Crippen LogP contribution in [-0.2, 0) is 24.8 Å². The van der Waals surface area contributed by atoms with Crippen LogP contribution in [0.2, 0.25) is 0 Å². The van der Waals surface area contributed by atoms with Crippen LogP contribution in [0.15, 0.2) is 34.4 Å². The van der Waals surface area contributed by atoms with E-state index in [1.54, 1.807) is 12.1 Å². The van der Waals surface area contributed by atoms with Crippen molar-refractivity contribution in [1.29, 1.82) is 0 Å². The largest absolute Gasteiger partial charge is 0.493 e. The number of aromatic nitrogens is 2. The first-order valence-corrected chi connectivity index (χ1v) is 10.2. The lowest BCUT2D eigenvalue weighted by atomic mass is 10.1. The lowest BCUT2D eigenvalue weighted by Gasteiger charge is -2.16. The van der Waals surface area contributed by atoms with Crippen molar-refractivity contribution in [2.45, 2.75) is 26.8 Å². The molecule has 2 aromatic rings. The first-order valence-electron chi connectivity index (χ1n) is 10.2. The minimum absolute atomic E-state index is 0.0399. The zero-order valence-corrected chi connectivity index (χ0v) is 19.5. The number of benzene rings is 1. The number of nitrogens with two attached hydrogens (primary N) is 1. The van der Waals surface area contributed by atoms with Crippen LogP contribution in [0.3, 0.4) is 0 Å². The molecule has 0 fully saturated rings. The number of carbonyl (C=O) groups is 2. The molecule has 178 valence electrons. The summed E-state index contributed by atoms with van der Waals surface area (Å²) in [4.78, 5) is 50.3. The molecule has 0 saturated heterocycles. The molecule has 0 aliphatic carbocycles. The maximum Gasteiger partial charge on any atom is 0.338 e. The Morgan fingerprint density at radius 2 is 1.85 bits per heavy atom. The van der Waals surface area contributed by atoms with Crippen molar-refractivity contribution in [3.63, 3.8) is 0 Å². The van der Waals surface area contributed by atoms with Gasteiger partial charge in [-0.3, -0.25) is 18.7 Å². The van der Waals surface area contributed by atoms with Gasteiger partial charge in [-0.05, 0) is 24.5 Å². The summed E-state index contributed by atoms with van der Waals surface area (Å²) in [5, 5.41) is 0. The number of anilines is 1. The monoisotopic (exact) mass is 459 g/mol. The zero-order valence-electron chi connectivity index (χ0n) is 19.5. The number of hydrogen-bond acceptors (Lipinski definition) is 8. The number of ketones is 1. The van der Waals surface area contributed by atoms with Gasteiger partial charge in [-0.25, -0.2) is 9.59 Å². The Labute approximate surface area is 191 Å². The van der Waals surface area contributed by atoms with Gasteiger partial charge in [-0.15, -0.1) is 6.58 Å². The van der Waals surface area contributed by atoms with E-state index in [1.165, 1.54) is 27.3 Å². The van der Waals surface area contributed by atoms with Gasteiger partial charge in [0, 0.05) is 19.2 Å². The molecule has 10 heteroatoms. The molecular weight excluding hydrogens is 430 g/mol. The fourth-order valence-electron chi connectivity index (χ4n) is 3.34. The summed E-state index contributed by atoms with van der Waals surface area (Å²) < 4.78 is 17.7. The van der Waals surface area contributed by atoms with Gasteiger partial charge in [-0.1, -0.05) is 19.9 Å². The number of carbonyl (C=O) groups excluding carboxylic acids is 2. The van der Waals surface area contributed by atoms with E-state index in [1.807, 2.05) is 13.8 Å². The van der Waals surface area contributed by atoms with E-state index in [0.717, 1.165) is 9.13 Å². The molecule has 0 aliphatic heterocycles. The minimum atomic E-state index is -0.849. The zero-order chi connectivity index (χ0) is 24.9. The Hall–Kier alpha value is -3.82. The Balaban J connectivity index is 2.35. The second-order valence-corrected chi connectivity index (χ2v) is 7.77. The Kier molecular flexibility index (Phi) is 8.22. The third-order valence-electron chi connectivity index (χ3n) is 4.90. The first-order chi connectivity index (χ1) is 15.6. The maximum absolute atomic E-state index is 12.8. The van der Waals surface area contributed by atoms with Crippen molar-refractivity contribution in [2.75, 3.05) is 26.6 Å². The molecule has 0 saturated carbocycles. The molecule has 33 heavy (non-hydrogen) atoms. The number of hydrogen-bond donors (Lipinski definition) is 1. The van der Waals surface area contributed by atoms with Crippen LogP contribution in [0.5, 0.6) is 11.5 Å². The highest BCUT2D eigenvalue weighted by Gasteiger charge is 2.24. The molecule has 0 amide bonds. The quantitative estimate of drug-likeness (QED) is 0.322. The molecule has 2 N–H and O–H groups in total. The van der Waals surface area contributed by atoms with Crippen molar-refractivity contribution in [1.82, 2.24) is 9.13 Å². The number of methoxy groups -OCH3 is 2. The van der Waals surface area contributed by atoms with E-state index >= 15 is 0 Å². The first kappa shape index (κ1) is 25.4. The molecular formula is C23H29N3O7. The lowest BCUT2D eigenvalue weighted by Crippen LogP contribution is -2.43. The summed E-state index contributed by atoms with van der Waals surface area (Å²) in [6.07, 6.45) is 2.05. The highest BCUT2D eigenvalue weighted by Crippen LogP contribution is 2.33.